The molecule has 1 heterocycles. The summed E-state index contributed by atoms with van der Waals surface area (Å²) < 4.78 is 56.6. The van der Waals surface area contributed by atoms with Crippen LogP contribution in [0.1, 0.15) is 54.5 Å². The molecule has 0 spiro atoms. The first-order valence-electron chi connectivity index (χ1n) is 11.8. The second-order valence-electron chi connectivity index (χ2n) is 9.09. The van der Waals surface area contributed by atoms with Crippen LogP contribution >= 0.6 is 22.6 Å². The summed E-state index contributed by atoms with van der Waals surface area (Å²) in [5.41, 5.74) is -1.67. The highest BCUT2D eigenvalue weighted by atomic mass is 127. The topological polar surface area (TPSA) is 54.0 Å². The van der Waals surface area contributed by atoms with Gasteiger partial charge in [0.2, 0.25) is 0 Å². The molecule has 1 atom stereocenters. The summed E-state index contributed by atoms with van der Waals surface area (Å²) >= 11 is 2.08. The van der Waals surface area contributed by atoms with Gasteiger partial charge in [-0.2, -0.15) is 13.2 Å². The maximum Gasteiger partial charge on any atom is 0.416 e. The number of amides is 2. The number of pyridine rings is 1. The minimum atomic E-state index is -4.76. The van der Waals surface area contributed by atoms with Crippen molar-refractivity contribution in [2.75, 3.05) is 0 Å². The summed E-state index contributed by atoms with van der Waals surface area (Å²) in [5, 5.41) is 5.91. The molecule has 190 valence electrons. The minimum absolute atomic E-state index is 0.0314. The lowest BCUT2D eigenvalue weighted by atomic mass is 9.79. The lowest BCUT2D eigenvalue weighted by molar-refractivity contribution is -0.137. The number of nitrogens with one attached hydrogen (secondary N) is 2. The smallest absolute Gasteiger partial charge is 0.335 e. The van der Waals surface area contributed by atoms with Gasteiger partial charge in [-0.05, 0) is 76.9 Å². The predicted octanol–water partition coefficient (Wildman–Crippen LogP) is 6.96. The van der Waals surface area contributed by atoms with Crippen molar-refractivity contribution in [1.82, 2.24) is 15.6 Å². The fourth-order valence-electron chi connectivity index (χ4n) is 4.71. The van der Waals surface area contributed by atoms with Gasteiger partial charge in [-0.25, -0.2) is 9.18 Å². The fraction of sp³-hybridized carbons (Fsp3) is 0.333. The maximum absolute atomic E-state index is 14.7. The van der Waals surface area contributed by atoms with Crippen LogP contribution in [0.5, 0.6) is 0 Å². The molecule has 9 heteroatoms. The summed E-state index contributed by atoms with van der Waals surface area (Å²) in [6.07, 6.45) is 1.64. The van der Waals surface area contributed by atoms with Crippen molar-refractivity contribution in [3.8, 4) is 0 Å². The van der Waals surface area contributed by atoms with Gasteiger partial charge in [0.1, 0.15) is 11.4 Å². The van der Waals surface area contributed by atoms with Gasteiger partial charge >= 0.3 is 12.2 Å². The Hall–Kier alpha value is -2.69. The Morgan fingerprint density at radius 2 is 1.67 bits per heavy atom. The highest BCUT2D eigenvalue weighted by Crippen LogP contribution is 2.37. The minimum Gasteiger partial charge on any atom is -0.335 e. The van der Waals surface area contributed by atoms with Crippen LogP contribution in [0.2, 0.25) is 0 Å². The van der Waals surface area contributed by atoms with E-state index in [1.165, 1.54) is 0 Å². The second-order valence-corrected chi connectivity index (χ2v) is 10.3. The molecule has 0 bridgehead atoms. The van der Waals surface area contributed by atoms with Crippen molar-refractivity contribution in [1.29, 1.82) is 0 Å². The maximum atomic E-state index is 14.7. The average Bonchev–Trinajstić information content (AvgIpc) is 2.84. The van der Waals surface area contributed by atoms with E-state index in [0.29, 0.717) is 11.8 Å². The molecule has 1 aliphatic carbocycles. The Balaban J connectivity index is 1.86. The zero-order valence-corrected chi connectivity index (χ0v) is 21.6. The Morgan fingerprint density at radius 3 is 2.31 bits per heavy atom. The fourth-order valence-corrected chi connectivity index (χ4v) is 5.03. The van der Waals surface area contributed by atoms with Gasteiger partial charge in [0.15, 0.2) is 0 Å². The largest absolute Gasteiger partial charge is 0.416 e. The molecule has 1 aliphatic rings. The van der Waals surface area contributed by atoms with Crippen LogP contribution in [0.15, 0.2) is 66.9 Å². The van der Waals surface area contributed by atoms with E-state index < -0.39 is 29.1 Å². The third kappa shape index (κ3) is 6.35. The third-order valence-corrected chi connectivity index (χ3v) is 7.10. The summed E-state index contributed by atoms with van der Waals surface area (Å²) in [7, 11) is 0. The number of hydrogen-bond donors (Lipinski definition) is 2. The van der Waals surface area contributed by atoms with Crippen LogP contribution in [0.4, 0.5) is 22.4 Å². The molecule has 2 N–H and O–H groups in total. The zero-order valence-electron chi connectivity index (χ0n) is 19.4. The Kier molecular flexibility index (Phi) is 8.17. The number of rotatable bonds is 6. The van der Waals surface area contributed by atoms with E-state index in [2.05, 4.69) is 38.2 Å². The summed E-state index contributed by atoms with van der Waals surface area (Å²) in [6.45, 7) is 0. The van der Waals surface area contributed by atoms with Crippen molar-refractivity contribution >= 4 is 28.6 Å². The third-order valence-electron chi connectivity index (χ3n) is 6.46. The van der Waals surface area contributed by atoms with E-state index in [-0.39, 0.29) is 18.0 Å². The van der Waals surface area contributed by atoms with E-state index in [1.807, 2.05) is 18.2 Å². The molecule has 4 nitrogen and oxygen atoms in total. The molecule has 1 saturated carbocycles. The van der Waals surface area contributed by atoms with Gasteiger partial charge in [0.05, 0.1) is 11.3 Å². The first-order chi connectivity index (χ1) is 17.2. The first kappa shape index (κ1) is 26.4. The Bertz CT molecular complexity index is 1180. The van der Waals surface area contributed by atoms with E-state index in [9.17, 15) is 22.4 Å². The van der Waals surface area contributed by atoms with Crippen molar-refractivity contribution in [3.63, 3.8) is 0 Å². The SMILES string of the molecule is O=C(NC1CCCCC1)N[C@@](Cc1ccccc1)(c1cc(F)cc(C(F)(F)F)c1)c1ccc(I)cn1. The number of urea groups is 1. The number of carbonyl (C=O) groups is 1. The lowest BCUT2D eigenvalue weighted by Crippen LogP contribution is -2.54. The Morgan fingerprint density at radius 1 is 0.972 bits per heavy atom. The van der Waals surface area contributed by atoms with Crippen LogP contribution in [-0.4, -0.2) is 17.1 Å². The molecule has 4 rings (SSSR count). The molecular weight excluding hydrogens is 585 g/mol. The van der Waals surface area contributed by atoms with Crippen LogP contribution in [0, 0.1) is 9.39 Å². The number of aromatic nitrogens is 1. The lowest BCUT2D eigenvalue weighted by Gasteiger charge is -2.36. The number of carbonyl (C=O) groups excluding carboxylic acids is 1. The molecule has 2 amide bonds. The average molecular weight is 611 g/mol. The highest BCUT2D eigenvalue weighted by molar-refractivity contribution is 14.1. The Labute approximate surface area is 221 Å². The van der Waals surface area contributed by atoms with E-state index in [0.717, 1.165) is 53.4 Å². The van der Waals surface area contributed by atoms with Gasteiger partial charge in [-0.15, -0.1) is 0 Å². The molecular formula is C27H26F4IN3O. The van der Waals surface area contributed by atoms with E-state index >= 15 is 0 Å². The van der Waals surface area contributed by atoms with Gasteiger partial charge < -0.3 is 10.6 Å². The molecule has 0 aliphatic heterocycles. The van der Waals surface area contributed by atoms with Crippen LogP contribution < -0.4 is 10.6 Å². The molecule has 0 radical (unpaired) electrons. The van der Waals surface area contributed by atoms with Crippen molar-refractivity contribution in [3.05, 3.63) is 98.6 Å². The van der Waals surface area contributed by atoms with Gasteiger partial charge in [0, 0.05) is 22.2 Å². The van der Waals surface area contributed by atoms with Crippen LogP contribution in [-0.2, 0) is 18.1 Å². The number of nitrogens with zero attached hydrogens (tertiary/aromatic N) is 1. The molecule has 0 saturated heterocycles. The van der Waals surface area contributed by atoms with Crippen LogP contribution in [0.3, 0.4) is 0 Å². The molecule has 1 aromatic heterocycles. The number of halogens is 5. The van der Waals surface area contributed by atoms with Crippen molar-refractivity contribution < 1.29 is 22.4 Å². The molecule has 1 fully saturated rings. The zero-order chi connectivity index (χ0) is 25.8. The summed E-state index contributed by atoms with van der Waals surface area (Å²) in [4.78, 5) is 17.8. The normalized spacial score (nSPS) is 16.2. The van der Waals surface area contributed by atoms with Crippen LogP contribution in [0.25, 0.3) is 0 Å². The predicted molar refractivity (Wildman–Crippen MR) is 138 cm³/mol. The summed E-state index contributed by atoms with van der Waals surface area (Å²) in [5.74, 6) is -1.04. The van der Waals surface area contributed by atoms with Gasteiger partial charge in [-0.1, -0.05) is 49.6 Å². The molecule has 0 unspecified atom stereocenters. The second kappa shape index (κ2) is 11.1. The number of benzene rings is 2. The standard InChI is InChI=1S/C27H26F4IN3O/c28-21-14-19(13-20(15-21)27(29,30)31)26(16-18-7-3-1-4-8-18,24-12-11-22(32)17-33-24)35-25(36)34-23-9-5-2-6-10-23/h1,3-4,7-8,11-15,17,23H,2,5-6,9-10,16H2,(H2,34,35,36)/t26-/m0/s1. The first-order valence-corrected chi connectivity index (χ1v) is 12.9. The van der Waals surface area contributed by atoms with Gasteiger partial charge in [-0.3, -0.25) is 4.98 Å². The molecule has 36 heavy (non-hydrogen) atoms. The van der Waals surface area contributed by atoms with Crippen molar-refractivity contribution in [2.24, 2.45) is 0 Å². The van der Waals surface area contributed by atoms with E-state index in [4.69, 9.17) is 0 Å². The molecule has 2 aromatic carbocycles. The number of hydrogen-bond acceptors (Lipinski definition) is 2. The quantitative estimate of drug-likeness (QED) is 0.234. The number of alkyl halides is 3. The molecule has 3 aromatic rings. The monoisotopic (exact) mass is 611 g/mol. The highest BCUT2D eigenvalue weighted by Gasteiger charge is 2.41. The van der Waals surface area contributed by atoms with Gasteiger partial charge in [0.25, 0.3) is 0 Å². The van der Waals surface area contributed by atoms with Crippen molar-refractivity contribution in [2.45, 2.75) is 56.3 Å². The summed E-state index contributed by atoms with van der Waals surface area (Å²) in [6, 6.07) is 14.3. The van der Waals surface area contributed by atoms with E-state index in [1.54, 1.807) is 30.5 Å².